The highest BCUT2D eigenvalue weighted by Crippen LogP contribution is 2.44. The highest BCUT2D eigenvalue weighted by Gasteiger charge is 2.30. The van der Waals surface area contributed by atoms with Crippen LogP contribution in [0.25, 0.3) is 10.3 Å². The molecule has 0 spiro atoms. The summed E-state index contributed by atoms with van der Waals surface area (Å²) in [4.78, 5) is 14.3. The molecule has 0 unspecified atom stereocenters. The second kappa shape index (κ2) is 5.24. The summed E-state index contributed by atoms with van der Waals surface area (Å²) >= 11 is 3.45. The van der Waals surface area contributed by atoms with Crippen molar-refractivity contribution in [3.05, 3.63) is 11.5 Å². The zero-order valence-electron chi connectivity index (χ0n) is 11.5. The monoisotopic (exact) mass is 307 g/mol. The van der Waals surface area contributed by atoms with Crippen molar-refractivity contribution in [2.24, 2.45) is 0 Å². The highest BCUT2D eigenvalue weighted by molar-refractivity contribution is 8.00. The summed E-state index contributed by atoms with van der Waals surface area (Å²) in [6.45, 7) is 1.66. The van der Waals surface area contributed by atoms with Gasteiger partial charge in [0.15, 0.2) is 9.99 Å². The fourth-order valence-electron chi connectivity index (χ4n) is 2.70. The van der Waals surface area contributed by atoms with Crippen molar-refractivity contribution in [3.63, 3.8) is 0 Å². The lowest BCUT2D eigenvalue weighted by atomic mass is 9.99. The average molecular weight is 307 g/mol. The first-order valence-corrected chi connectivity index (χ1v) is 9.19. The smallest absolute Gasteiger partial charge is 0.175 e. The van der Waals surface area contributed by atoms with Crippen LogP contribution in [0, 0.1) is 0 Å². The van der Waals surface area contributed by atoms with Gasteiger partial charge in [0.2, 0.25) is 0 Å². The first kappa shape index (κ1) is 13.0. The van der Waals surface area contributed by atoms with Gasteiger partial charge >= 0.3 is 0 Å². The Kier molecular flexibility index (Phi) is 3.40. The molecule has 4 rings (SSSR count). The summed E-state index contributed by atoms with van der Waals surface area (Å²) < 4.78 is 7.76. The quantitative estimate of drug-likeness (QED) is 0.811. The number of rotatable bonds is 3. The molecule has 1 saturated carbocycles. The van der Waals surface area contributed by atoms with Gasteiger partial charge in [0.25, 0.3) is 0 Å². The van der Waals surface area contributed by atoms with Crippen molar-refractivity contribution in [3.8, 4) is 0 Å². The largest absolute Gasteiger partial charge is 0.381 e. The SMILES string of the molecule is CSc1nc2nc(C3CCOCC3)nc(C3CC3)c2s1. The number of hydrogen-bond acceptors (Lipinski definition) is 6. The van der Waals surface area contributed by atoms with Crippen LogP contribution in [-0.4, -0.2) is 34.4 Å². The maximum absolute atomic E-state index is 5.45. The Bertz CT molecular complexity index is 633. The molecule has 0 bridgehead atoms. The normalized spacial score (nSPS) is 20.6. The Morgan fingerprint density at radius 3 is 2.55 bits per heavy atom. The molecule has 0 aromatic carbocycles. The maximum Gasteiger partial charge on any atom is 0.175 e. The van der Waals surface area contributed by atoms with Gasteiger partial charge in [-0.15, -0.1) is 11.3 Å². The number of nitrogens with zero attached hydrogens (tertiary/aromatic N) is 3. The van der Waals surface area contributed by atoms with Crippen molar-refractivity contribution >= 4 is 33.4 Å². The molecule has 0 atom stereocenters. The molecule has 2 fully saturated rings. The van der Waals surface area contributed by atoms with Crippen LogP contribution >= 0.6 is 23.1 Å². The van der Waals surface area contributed by atoms with Crippen LogP contribution in [0.15, 0.2) is 4.34 Å². The van der Waals surface area contributed by atoms with Gasteiger partial charge in [0.05, 0.1) is 10.4 Å². The van der Waals surface area contributed by atoms with Gasteiger partial charge in [-0.05, 0) is 31.9 Å². The first-order valence-electron chi connectivity index (χ1n) is 7.15. The maximum atomic E-state index is 5.45. The van der Waals surface area contributed by atoms with Crippen molar-refractivity contribution in [1.82, 2.24) is 15.0 Å². The number of aromatic nitrogens is 3. The van der Waals surface area contributed by atoms with Gasteiger partial charge in [-0.25, -0.2) is 15.0 Å². The Labute approximate surface area is 126 Å². The number of hydrogen-bond donors (Lipinski definition) is 0. The van der Waals surface area contributed by atoms with Crippen LogP contribution in [0.4, 0.5) is 0 Å². The summed E-state index contributed by atoms with van der Waals surface area (Å²) in [7, 11) is 0. The lowest BCUT2D eigenvalue weighted by Crippen LogP contribution is -2.17. The van der Waals surface area contributed by atoms with E-state index < -0.39 is 0 Å². The molecule has 20 heavy (non-hydrogen) atoms. The minimum absolute atomic E-state index is 0.449. The third kappa shape index (κ3) is 2.34. The van der Waals surface area contributed by atoms with E-state index in [0.29, 0.717) is 11.8 Å². The average Bonchev–Trinajstić information content (AvgIpc) is 3.25. The molecule has 0 N–H and O–H groups in total. The molecule has 4 nitrogen and oxygen atoms in total. The number of thiazole rings is 1. The molecule has 2 aromatic rings. The molecule has 106 valence electrons. The molecule has 1 aliphatic carbocycles. The predicted octanol–water partition coefficient (Wildman–Crippen LogP) is 3.58. The van der Waals surface area contributed by atoms with Crippen molar-refractivity contribution in [2.75, 3.05) is 19.5 Å². The summed E-state index contributed by atoms with van der Waals surface area (Å²) in [6.07, 6.45) is 6.68. The highest BCUT2D eigenvalue weighted by atomic mass is 32.2. The number of fused-ring (bicyclic) bond motifs is 1. The lowest BCUT2D eigenvalue weighted by molar-refractivity contribution is 0.0836. The fourth-order valence-corrected chi connectivity index (χ4v) is 4.27. The topological polar surface area (TPSA) is 47.9 Å². The van der Waals surface area contributed by atoms with E-state index in [1.54, 1.807) is 23.1 Å². The minimum atomic E-state index is 0.449. The van der Waals surface area contributed by atoms with E-state index in [2.05, 4.69) is 11.2 Å². The Hall–Kier alpha value is -0.720. The van der Waals surface area contributed by atoms with E-state index in [1.165, 1.54) is 23.2 Å². The van der Waals surface area contributed by atoms with Crippen molar-refractivity contribution in [2.45, 2.75) is 41.9 Å². The van der Waals surface area contributed by atoms with E-state index in [-0.39, 0.29) is 0 Å². The van der Waals surface area contributed by atoms with Gasteiger partial charge in [0.1, 0.15) is 5.82 Å². The van der Waals surface area contributed by atoms with Crippen LogP contribution in [0.2, 0.25) is 0 Å². The summed E-state index contributed by atoms with van der Waals surface area (Å²) in [5.74, 6) is 2.10. The van der Waals surface area contributed by atoms with Crippen LogP contribution < -0.4 is 0 Å². The molecular formula is C14H17N3OS2. The molecule has 0 amide bonds. The molecule has 2 aliphatic rings. The number of thioether (sulfide) groups is 1. The summed E-state index contributed by atoms with van der Waals surface area (Å²) in [6, 6.07) is 0. The van der Waals surface area contributed by atoms with Gasteiger partial charge < -0.3 is 4.74 Å². The predicted molar refractivity (Wildman–Crippen MR) is 81.8 cm³/mol. The second-order valence-corrected chi connectivity index (χ2v) is 7.52. The van der Waals surface area contributed by atoms with Crippen LogP contribution in [0.3, 0.4) is 0 Å². The van der Waals surface area contributed by atoms with E-state index in [4.69, 9.17) is 14.7 Å². The van der Waals surface area contributed by atoms with Crippen LogP contribution in [-0.2, 0) is 4.74 Å². The van der Waals surface area contributed by atoms with Gasteiger partial charge in [-0.3, -0.25) is 0 Å². The molecule has 3 heterocycles. The first-order chi connectivity index (χ1) is 9.85. The van der Waals surface area contributed by atoms with Crippen LogP contribution in [0.1, 0.15) is 49.0 Å². The van der Waals surface area contributed by atoms with Crippen LogP contribution in [0.5, 0.6) is 0 Å². The van der Waals surface area contributed by atoms with Crippen molar-refractivity contribution < 1.29 is 4.74 Å². The van der Waals surface area contributed by atoms with E-state index >= 15 is 0 Å². The molecule has 1 saturated heterocycles. The molecule has 1 aliphatic heterocycles. The molecular weight excluding hydrogens is 290 g/mol. The number of ether oxygens (including phenoxy) is 1. The van der Waals surface area contributed by atoms with Gasteiger partial charge in [-0.2, -0.15) is 0 Å². The van der Waals surface area contributed by atoms with Gasteiger partial charge in [0, 0.05) is 25.0 Å². The zero-order chi connectivity index (χ0) is 13.5. The van der Waals surface area contributed by atoms with Crippen molar-refractivity contribution in [1.29, 1.82) is 0 Å². The molecule has 0 radical (unpaired) electrons. The zero-order valence-corrected chi connectivity index (χ0v) is 13.1. The van der Waals surface area contributed by atoms with E-state index in [0.717, 1.165) is 41.9 Å². The third-order valence-electron chi connectivity index (χ3n) is 4.00. The Morgan fingerprint density at radius 1 is 1.05 bits per heavy atom. The Balaban J connectivity index is 1.80. The molecule has 2 aromatic heterocycles. The fraction of sp³-hybridized carbons (Fsp3) is 0.643. The summed E-state index contributed by atoms with van der Waals surface area (Å²) in [5, 5.41) is 0. The minimum Gasteiger partial charge on any atom is -0.381 e. The molecule has 6 heteroatoms. The third-order valence-corrected chi connectivity index (χ3v) is 6.06. The van der Waals surface area contributed by atoms with E-state index in [9.17, 15) is 0 Å². The lowest BCUT2D eigenvalue weighted by Gasteiger charge is -2.21. The Morgan fingerprint density at radius 2 is 1.85 bits per heavy atom. The van der Waals surface area contributed by atoms with E-state index in [1.807, 2.05) is 0 Å². The second-order valence-electron chi connectivity index (χ2n) is 5.46. The standard InChI is InChI=1S/C14H17N3OS2/c1-19-14-17-13-11(20-14)10(8-2-3-8)15-12(16-13)9-4-6-18-7-5-9/h8-9H,2-7H2,1H3. The summed E-state index contributed by atoms with van der Waals surface area (Å²) in [5.41, 5.74) is 2.17. The van der Waals surface area contributed by atoms with Gasteiger partial charge in [-0.1, -0.05) is 11.8 Å².